The molecule has 31 heavy (non-hydrogen) atoms. The summed E-state index contributed by atoms with van der Waals surface area (Å²) in [6, 6.07) is 18.7. The number of thioether (sulfide) groups is 1. The molecular formula is C24H31N5OS. The van der Waals surface area contributed by atoms with Crippen LogP contribution in [0.25, 0.3) is 0 Å². The van der Waals surface area contributed by atoms with E-state index in [-0.39, 0.29) is 11.7 Å². The van der Waals surface area contributed by atoms with Gasteiger partial charge in [0, 0.05) is 36.9 Å². The van der Waals surface area contributed by atoms with Crippen molar-refractivity contribution in [2.45, 2.75) is 51.9 Å². The van der Waals surface area contributed by atoms with Gasteiger partial charge >= 0.3 is 0 Å². The van der Waals surface area contributed by atoms with Crippen LogP contribution in [-0.4, -0.2) is 39.0 Å². The third-order valence-corrected chi connectivity index (χ3v) is 6.06. The van der Waals surface area contributed by atoms with E-state index in [4.69, 9.17) is 0 Å². The predicted octanol–water partition coefficient (Wildman–Crippen LogP) is 4.85. The zero-order chi connectivity index (χ0) is 22.2. The average molecular weight is 438 g/mol. The number of carbonyl (C=O) groups is 1. The summed E-state index contributed by atoms with van der Waals surface area (Å²) in [4.78, 5) is 14.8. The maximum atomic E-state index is 12.5. The molecule has 7 heteroatoms. The van der Waals surface area contributed by atoms with E-state index in [0.29, 0.717) is 6.04 Å². The summed E-state index contributed by atoms with van der Waals surface area (Å²) in [5.74, 6) is 1.15. The molecule has 3 rings (SSSR count). The molecule has 0 radical (unpaired) electrons. The maximum Gasteiger partial charge on any atom is 0.234 e. The van der Waals surface area contributed by atoms with Gasteiger partial charge in [-0.3, -0.25) is 4.79 Å². The van der Waals surface area contributed by atoms with Gasteiger partial charge in [-0.05, 0) is 57.5 Å². The highest BCUT2D eigenvalue weighted by atomic mass is 32.2. The van der Waals surface area contributed by atoms with Gasteiger partial charge in [0.05, 0.1) is 5.75 Å². The summed E-state index contributed by atoms with van der Waals surface area (Å²) in [5.41, 5.74) is 3.16. The summed E-state index contributed by atoms with van der Waals surface area (Å²) in [6.07, 6.45) is 0.728. The number of anilines is 2. The van der Waals surface area contributed by atoms with Gasteiger partial charge in [0.25, 0.3) is 0 Å². The number of hydrogen-bond acceptors (Lipinski definition) is 5. The van der Waals surface area contributed by atoms with Crippen LogP contribution in [0.1, 0.15) is 39.1 Å². The third kappa shape index (κ3) is 6.10. The minimum atomic E-state index is -0.0516. The summed E-state index contributed by atoms with van der Waals surface area (Å²) >= 11 is 1.42. The van der Waals surface area contributed by atoms with Crippen molar-refractivity contribution in [3.63, 3.8) is 0 Å². The van der Waals surface area contributed by atoms with Gasteiger partial charge in [-0.15, -0.1) is 10.2 Å². The lowest BCUT2D eigenvalue weighted by atomic mass is 10.1. The van der Waals surface area contributed by atoms with Crippen molar-refractivity contribution in [3.05, 3.63) is 66.0 Å². The van der Waals surface area contributed by atoms with Crippen molar-refractivity contribution >= 4 is 29.0 Å². The van der Waals surface area contributed by atoms with Gasteiger partial charge in [0.1, 0.15) is 5.82 Å². The van der Waals surface area contributed by atoms with Gasteiger partial charge in [0.15, 0.2) is 5.16 Å². The van der Waals surface area contributed by atoms with Crippen LogP contribution in [0.15, 0.2) is 59.8 Å². The molecule has 164 valence electrons. The van der Waals surface area contributed by atoms with Gasteiger partial charge in [0.2, 0.25) is 5.91 Å². The van der Waals surface area contributed by atoms with Crippen molar-refractivity contribution in [1.82, 2.24) is 14.8 Å². The average Bonchev–Trinajstić information content (AvgIpc) is 3.16. The maximum absolute atomic E-state index is 12.5. The van der Waals surface area contributed by atoms with Crippen molar-refractivity contribution < 1.29 is 4.79 Å². The minimum absolute atomic E-state index is 0.0516. The molecule has 0 aliphatic carbocycles. The largest absolute Gasteiger partial charge is 0.369 e. The van der Waals surface area contributed by atoms with Gasteiger partial charge < -0.3 is 14.8 Å². The molecule has 0 fully saturated rings. The molecule has 0 atom stereocenters. The first kappa shape index (κ1) is 22.9. The van der Waals surface area contributed by atoms with E-state index in [0.717, 1.165) is 41.9 Å². The lowest BCUT2D eigenvalue weighted by Gasteiger charge is -2.27. The second-order valence-electron chi connectivity index (χ2n) is 7.57. The second kappa shape index (κ2) is 11.0. The molecule has 3 aromatic rings. The molecule has 1 aromatic heterocycles. The van der Waals surface area contributed by atoms with Crippen LogP contribution in [0.2, 0.25) is 0 Å². The summed E-state index contributed by atoms with van der Waals surface area (Å²) in [7, 11) is 0. The van der Waals surface area contributed by atoms with Crippen LogP contribution in [0.3, 0.4) is 0 Å². The van der Waals surface area contributed by atoms with Crippen LogP contribution in [0, 0.1) is 0 Å². The van der Waals surface area contributed by atoms with E-state index in [1.165, 1.54) is 17.3 Å². The van der Waals surface area contributed by atoms with Crippen LogP contribution in [0.4, 0.5) is 11.4 Å². The molecule has 2 aromatic carbocycles. The molecule has 1 heterocycles. The van der Waals surface area contributed by atoms with Crippen molar-refractivity contribution in [1.29, 1.82) is 0 Å². The Balaban J connectivity index is 1.57. The van der Waals surface area contributed by atoms with Gasteiger partial charge in [-0.25, -0.2) is 0 Å². The first-order chi connectivity index (χ1) is 15.0. The Bertz CT molecular complexity index is 969. The summed E-state index contributed by atoms with van der Waals surface area (Å²) < 4.78 is 2.07. The quantitative estimate of drug-likeness (QED) is 0.459. The fraction of sp³-hybridized carbons (Fsp3) is 0.375. The highest BCUT2D eigenvalue weighted by molar-refractivity contribution is 7.99. The second-order valence-corrected chi connectivity index (χ2v) is 8.51. The first-order valence-corrected chi connectivity index (χ1v) is 11.8. The standard InChI is InChI=1S/C24H31N5OS/c1-5-28(18(3)4)21-14-12-20(13-15-21)25-23(30)17-31-24-27-26-22(29(24)6-2)16-19-10-8-7-9-11-19/h7-15,18H,5-6,16-17H2,1-4H3,(H,25,30). The van der Waals surface area contributed by atoms with Crippen molar-refractivity contribution in [2.24, 2.45) is 0 Å². The zero-order valence-corrected chi connectivity index (χ0v) is 19.5. The molecular weight excluding hydrogens is 406 g/mol. The number of hydrogen-bond donors (Lipinski definition) is 1. The number of nitrogens with zero attached hydrogens (tertiary/aromatic N) is 4. The highest BCUT2D eigenvalue weighted by Crippen LogP contribution is 2.22. The summed E-state index contributed by atoms with van der Waals surface area (Å²) in [6.45, 7) is 10.3. The number of rotatable bonds is 10. The molecule has 0 unspecified atom stereocenters. The molecule has 0 aliphatic rings. The molecule has 0 saturated carbocycles. The Morgan fingerprint density at radius 1 is 1.06 bits per heavy atom. The van der Waals surface area contributed by atoms with Crippen LogP contribution >= 0.6 is 11.8 Å². The zero-order valence-electron chi connectivity index (χ0n) is 18.7. The van der Waals surface area contributed by atoms with E-state index in [2.05, 4.69) is 76.9 Å². The molecule has 1 amide bonds. The van der Waals surface area contributed by atoms with Crippen LogP contribution in [0.5, 0.6) is 0 Å². The Morgan fingerprint density at radius 3 is 2.39 bits per heavy atom. The predicted molar refractivity (Wildman–Crippen MR) is 129 cm³/mol. The Morgan fingerprint density at radius 2 is 1.77 bits per heavy atom. The van der Waals surface area contributed by atoms with E-state index in [1.54, 1.807) is 0 Å². The molecule has 0 bridgehead atoms. The fourth-order valence-electron chi connectivity index (χ4n) is 3.56. The topological polar surface area (TPSA) is 63.1 Å². The molecule has 0 saturated heterocycles. The normalized spacial score (nSPS) is 11.0. The first-order valence-electron chi connectivity index (χ1n) is 10.8. The van der Waals surface area contributed by atoms with Gasteiger partial charge in [-0.1, -0.05) is 42.1 Å². The smallest absolute Gasteiger partial charge is 0.234 e. The molecule has 0 aliphatic heterocycles. The SMILES string of the molecule is CCN(c1ccc(NC(=O)CSc2nnc(Cc3ccccc3)n2CC)cc1)C(C)C. The lowest BCUT2D eigenvalue weighted by molar-refractivity contribution is -0.113. The van der Waals surface area contributed by atoms with E-state index in [9.17, 15) is 4.79 Å². The Kier molecular flexibility index (Phi) is 8.12. The van der Waals surface area contributed by atoms with Crippen molar-refractivity contribution in [2.75, 3.05) is 22.5 Å². The van der Waals surface area contributed by atoms with Crippen molar-refractivity contribution in [3.8, 4) is 0 Å². The molecule has 0 spiro atoms. The Labute approximate surface area is 189 Å². The molecule has 6 nitrogen and oxygen atoms in total. The molecule has 1 N–H and O–H groups in total. The Hall–Kier alpha value is -2.80. The highest BCUT2D eigenvalue weighted by Gasteiger charge is 2.14. The number of nitrogens with one attached hydrogen (secondary N) is 1. The summed E-state index contributed by atoms with van der Waals surface area (Å²) in [5, 5.41) is 12.4. The van der Waals surface area contributed by atoms with Gasteiger partial charge in [-0.2, -0.15) is 0 Å². The monoisotopic (exact) mass is 437 g/mol. The number of carbonyl (C=O) groups excluding carboxylic acids is 1. The van der Waals surface area contributed by atoms with Crippen LogP contribution < -0.4 is 10.2 Å². The van der Waals surface area contributed by atoms with E-state index >= 15 is 0 Å². The lowest BCUT2D eigenvalue weighted by Crippen LogP contribution is -2.30. The third-order valence-electron chi connectivity index (χ3n) is 5.09. The number of benzene rings is 2. The minimum Gasteiger partial charge on any atom is -0.369 e. The van der Waals surface area contributed by atoms with E-state index in [1.807, 2.05) is 30.3 Å². The fourth-order valence-corrected chi connectivity index (χ4v) is 4.38. The van der Waals surface area contributed by atoms with E-state index < -0.39 is 0 Å². The van der Waals surface area contributed by atoms with Crippen LogP contribution in [-0.2, 0) is 17.8 Å². The number of amides is 1. The number of aromatic nitrogens is 3.